The normalized spacial score (nSPS) is 20.0. The van der Waals surface area contributed by atoms with Gasteiger partial charge >= 0.3 is 66.5 Å². The van der Waals surface area contributed by atoms with E-state index < -0.39 is 72.4 Å². The summed E-state index contributed by atoms with van der Waals surface area (Å²) in [6, 6.07) is 0. The Morgan fingerprint density at radius 2 is 0.675 bits per heavy atom. The summed E-state index contributed by atoms with van der Waals surface area (Å²) in [5.41, 5.74) is 3.56. The van der Waals surface area contributed by atoms with E-state index in [4.69, 9.17) is 0 Å². The zero-order valence-corrected chi connectivity index (χ0v) is 16.9. The first-order valence-electron chi connectivity index (χ1n) is 8.06. The minimum absolute atomic E-state index is 0.993. The monoisotopic (exact) mass is 661 g/mol. The van der Waals surface area contributed by atoms with Gasteiger partial charge in [0.25, 0.3) is 5.91 Å². The van der Waals surface area contributed by atoms with E-state index in [9.17, 15) is 106 Å². The van der Waals surface area contributed by atoms with Gasteiger partial charge in [-0.1, -0.05) is 0 Å². The molecule has 1 amide bonds. The van der Waals surface area contributed by atoms with E-state index in [0.717, 1.165) is 9.47 Å². The summed E-state index contributed by atoms with van der Waals surface area (Å²) in [6.45, 7) is 0. The molecule has 0 unspecified atom stereocenters. The molecule has 0 aromatic carbocycles. The van der Waals surface area contributed by atoms with Crippen LogP contribution in [0, 0.1) is 0 Å². The van der Waals surface area contributed by atoms with E-state index >= 15 is 0 Å². The van der Waals surface area contributed by atoms with E-state index in [0.29, 0.717) is 0 Å². The second kappa shape index (κ2) is 9.65. The third-order valence-corrected chi connectivity index (χ3v) is 3.69. The van der Waals surface area contributed by atoms with Gasteiger partial charge in [-0.3, -0.25) is 19.0 Å². The highest BCUT2D eigenvalue weighted by molar-refractivity contribution is 5.82. The van der Waals surface area contributed by atoms with Crippen LogP contribution in [0.3, 0.4) is 0 Å². The highest BCUT2D eigenvalue weighted by Gasteiger charge is 2.88. The zero-order valence-electron chi connectivity index (χ0n) is 16.9. The largest absolute Gasteiger partial charge is 0.462 e. The predicted molar refractivity (Wildman–Crippen MR) is 68.0 cm³/mol. The van der Waals surface area contributed by atoms with Gasteiger partial charge in [-0.25, -0.2) is 0 Å². The van der Waals surface area contributed by atoms with E-state index in [1.54, 1.807) is 0 Å². The number of amides is 1. The molecule has 0 rings (SSSR count). The molecule has 0 aromatic rings. The Labute approximate surface area is 199 Å². The number of hydrogen-bond donors (Lipinski definition) is 1. The Morgan fingerprint density at radius 1 is 0.400 bits per heavy atom. The van der Waals surface area contributed by atoms with Crippen LogP contribution >= 0.6 is 0 Å². The minimum atomic E-state index is -8.74. The maximum Gasteiger partial charge on any atom is 0.462 e. The van der Waals surface area contributed by atoms with Gasteiger partial charge in [-0.2, -0.15) is 101 Å². The molecule has 0 heterocycles. The van der Waals surface area contributed by atoms with Crippen LogP contribution in [0.2, 0.25) is 0 Å². The van der Waals surface area contributed by atoms with Crippen LogP contribution in [0.5, 0.6) is 0 Å². The summed E-state index contributed by atoms with van der Waals surface area (Å²) >= 11 is 0. The van der Waals surface area contributed by atoms with Crippen LogP contribution in [0.1, 0.15) is 0 Å². The van der Waals surface area contributed by atoms with Crippen molar-refractivity contribution in [2.75, 3.05) is 0 Å². The van der Waals surface area contributed by atoms with Crippen LogP contribution in [0.4, 0.5) is 101 Å². The summed E-state index contributed by atoms with van der Waals surface area (Å²) < 4.78 is 301. The van der Waals surface area contributed by atoms with Crippen molar-refractivity contribution in [1.29, 1.82) is 0 Å². The maximum absolute atomic E-state index is 14.0. The number of ether oxygens (including phenoxy) is 3. The summed E-state index contributed by atoms with van der Waals surface area (Å²) in [6.07, 6.45) is -57.5. The number of rotatable bonds is 10. The molecule has 28 heteroatoms. The summed E-state index contributed by atoms with van der Waals surface area (Å²) in [5, 5.41) is 0. The molecular formula is C12H2F23NO4. The van der Waals surface area contributed by atoms with Crippen LogP contribution < -0.4 is 5.73 Å². The Balaban J connectivity index is 7.24. The van der Waals surface area contributed by atoms with Crippen LogP contribution in [-0.4, -0.2) is 72.4 Å². The summed E-state index contributed by atoms with van der Waals surface area (Å²) in [5.74, 6) is -36.6. The van der Waals surface area contributed by atoms with E-state index in [-0.39, 0.29) is 0 Å². The van der Waals surface area contributed by atoms with Gasteiger partial charge in [-0.15, -0.1) is 0 Å². The number of hydrogen-bond acceptors (Lipinski definition) is 4. The lowest BCUT2D eigenvalue weighted by Gasteiger charge is -2.42. The molecule has 5 nitrogen and oxygen atoms in total. The summed E-state index contributed by atoms with van der Waals surface area (Å²) in [7, 11) is 0. The number of halogens is 23. The van der Waals surface area contributed by atoms with Gasteiger partial charge < -0.3 is 5.73 Å². The fourth-order valence-electron chi connectivity index (χ4n) is 1.70. The molecule has 0 saturated carbocycles. The molecule has 0 radical (unpaired) electrons. The molecule has 0 aliphatic rings. The van der Waals surface area contributed by atoms with Crippen LogP contribution in [0.25, 0.3) is 0 Å². The second-order valence-corrected chi connectivity index (χ2v) is 6.57. The predicted octanol–water partition coefficient (Wildman–Crippen LogP) is 6.18. The van der Waals surface area contributed by atoms with Gasteiger partial charge in [0.15, 0.2) is 0 Å². The average Bonchev–Trinajstić information content (AvgIpc) is 2.62. The van der Waals surface area contributed by atoms with Gasteiger partial charge in [0.1, 0.15) is 0 Å². The van der Waals surface area contributed by atoms with Crippen LogP contribution in [0.15, 0.2) is 0 Å². The Morgan fingerprint density at radius 3 is 0.900 bits per heavy atom. The van der Waals surface area contributed by atoms with Crippen molar-refractivity contribution in [1.82, 2.24) is 0 Å². The molecule has 2 N–H and O–H groups in total. The lowest BCUT2D eigenvalue weighted by Crippen LogP contribution is -2.71. The van der Waals surface area contributed by atoms with Crippen molar-refractivity contribution < 1.29 is 120 Å². The first kappa shape index (κ1) is 37.7. The molecule has 0 spiro atoms. The zero-order chi connectivity index (χ0) is 33.2. The number of alkyl halides is 23. The minimum Gasteiger partial charge on any atom is -0.364 e. The standard InChI is InChI=1S/C12H2F23NO4/c13-2(1(36)37,6(18,19)20)38-11(32,33)4(16,8(24,25)26)40-12(34,35)5(17,9(27,28)29)39-10(30,31)3(14,15)7(21,22)23/h(H2,36,37)/t2-,4-,5-/m0/s1. The Hall–Kier alpha value is -2.26. The molecule has 240 valence electrons. The van der Waals surface area contributed by atoms with Crippen molar-refractivity contribution in [3.05, 3.63) is 0 Å². The topological polar surface area (TPSA) is 70.8 Å². The highest BCUT2D eigenvalue weighted by atomic mass is 19.4. The van der Waals surface area contributed by atoms with Crippen molar-refractivity contribution in [3.63, 3.8) is 0 Å². The fraction of sp³-hybridized carbons (Fsp3) is 0.917. The Kier molecular flexibility index (Phi) is 9.10. The molecule has 3 atom stereocenters. The molecule has 0 aliphatic carbocycles. The van der Waals surface area contributed by atoms with Crippen molar-refractivity contribution >= 4 is 5.91 Å². The molecule has 0 aromatic heterocycles. The van der Waals surface area contributed by atoms with Crippen molar-refractivity contribution in [2.24, 2.45) is 5.73 Å². The lowest BCUT2D eigenvalue weighted by atomic mass is 10.2. The Bertz CT molecular complexity index is 934. The van der Waals surface area contributed by atoms with E-state index in [2.05, 4.69) is 5.73 Å². The van der Waals surface area contributed by atoms with Gasteiger partial charge in [0, 0.05) is 0 Å². The quantitative estimate of drug-likeness (QED) is 0.284. The number of carbonyl (C=O) groups excluding carboxylic acids is 1. The fourth-order valence-corrected chi connectivity index (χ4v) is 1.70. The SMILES string of the molecule is NC(=O)[C@](F)(OC(F)(F)[C@@](F)(OC(F)(F)[C@@](F)(OC(F)(F)C(F)(F)C(F)(F)F)C(F)(F)F)C(F)(F)F)C(F)(F)F. The first-order chi connectivity index (χ1) is 16.8. The first-order valence-corrected chi connectivity index (χ1v) is 8.06. The molecule has 0 aliphatic heterocycles. The van der Waals surface area contributed by atoms with Gasteiger partial charge in [0.05, 0.1) is 0 Å². The van der Waals surface area contributed by atoms with Crippen LogP contribution in [-0.2, 0) is 19.0 Å². The van der Waals surface area contributed by atoms with Crippen molar-refractivity contribution in [2.45, 2.75) is 66.5 Å². The number of carbonyl (C=O) groups is 1. The van der Waals surface area contributed by atoms with E-state index in [1.165, 1.54) is 4.74 Å². The second-order valence-electron chi connectivity index (χ2n) is 6.57. The highest BCUT2D eigenvalue weighted by Crippen LogP contribution is 2.59. The number of primary amides is 1. The average molecular weight is 661 g/mol. The third-order valence-electron chi connectivity index (χ3n) is 3.69. The molecule has 40 heavy (non-hydrogen) atoms. The summed E-state index contributed by atoms with van der Waals surface area (Å²) in [4.78, 5) is 10.4. The van der Waals surface area contributed by atoms with Gasteiger partial charge in [0.2, 0.25) is 0 Å². The third kappa shape index (κ3) is 6.01. The molecular weight excluding hydrogens is 659 g/mol. The molecule has 0 fully saturated rings. The number of nitrogens with two attached hydrogens (primary N) is 1. The molecule has 0 bridgehead atoms. The molecule has 0 saturated heterocycles. The smallest absolute Gasteiger partial charge is 0.364 e. The van der Waals surface area contributed by atoms with E-state index in [1.807, 2.05) is 0 Å². The van der Waals surface area contributed by atoms with Crippen molar-refractivity contribution in [3.8, 4) is 0 Å². The van der Waals surface area contributed by atoms with Gasteiger partial charge in [-0.05, 0) is 0 Å². The maximum atomic E-state index is 14.0. The lowest BCUT2D eigenvalue weighted by molar-refractivity contribution is -0.577.